The van der Waals surface area contributed by atoms with Crippen molar-refractivity contribution in [3.8, 4) is 11.5 Å². The number of guanidine groups is 1. The predicted molar refractivity (Wildman–Crippen MR) is 114 cm³/mol. The van der Waals surface area contributed by atoms with Gasteiger partial charge in [0.2, 0.25) is 6.79 Å². The van der Waals surface area contributed by atoms with Gasteiger partial charge in [-0.05, 0) is 43.7 Å². The molecule has 4 rings (SSSR count). The summed E-state index contributed by atoms with van der Waals surface area (Å²) in [5.41, 5.74) is 0.0912. The third kappa shape index (κ3) is 4.71. The highest BCUT2D eigenvalue weighted by molar-refractivity contribution is 5.80. The molecule has 0 amide bonds. The van der Waals surface area contributed by atoms with E-state index in [4.69, 9.17) is 13.9 Å². The number of hydrogen-bond donors (Lipinski definition) is 2. The van der Waals surface area contributed by atoms with Gasteiger partial charge >= 0.3 is 0 Å². The highest BCUT2D eigenvalue weighted by Gasteiger charge is 2.27. The number of hydrogen-bond acceptors (Lipinski definition) is 6. The number of aliphatic imine (C=N–C) groups is 1. The second kappa shape index (κ2) is 8.97. The summed E-state index contributed by atoms with van der Waals surface area (Å²) < 4.78 is 16.2. The minimum absolute atomic E-state index is 0.236. The predicted octanol–water partition coefficient (Wildman–Crippen LogP) is 2.00. The first kappa shape index (κ1) is 20.6. The molecule has 0 radical (unpaired) electrons. The van der Waals surface area contributed by atoms with Gasteiger partial charge in [-0.1, -0.05) is 6.07 Å². The van der Waals surface area contributed by atoms with Crippen molar-refractivity contribution in [2.24, 2.45) is 4.99 Å². The van der Waals surface area contributed by atoms with E-state index in [9.17, 15) is 5.11 Å². The highest BCUT2D eigenvalue weighted by atomic mass is 16.7. The molecule has 1 aromatic heterocycles. The lowest BCUT2D eigenvalue weighted by Crippen LogP contribution is -2.52. The number of piperazine rings is 1. The molecule has 0 aliphatic carbocycles. The van der Waals surface area contributed by atoms with Crippen molar-refractivity contribution in [2.75, 3.05) is 46.1 Å². The lowest BCUT2D eigenvalue weighted by atomic mass is 10.0. The average molecular weight is 415 g/mol. The van der Waals surface area contributed by atoms with Crippen LogP contribution in [-0.4, -0.2) is 66.9 Å². The van der Waals surface area contributed by atoms with E-state index in [-0.39, 0.29) is 6.54 Å². The van der Waals surface area contributed by atoms with E-state index in [1.807, 2.05) is 6.07 Å². The van der Waals surface area contributed by atoms with E-state index < -0.39 is 5.60 Å². The maximum atomic E-state index is 10.7. The summed E-state index contributed by atoms with van der Waals surface area (Å²) in [4.78, 5) is 9.36. The SMILES string of the molecule is CCNC(=NCC(C)(O)c1ccco1)N1CCN(Cc2ccc3c(c2)OCO3)CC1. The lowest BCUT2D eigenvalue weighted by molar-refractivity contribution is 0.0433. The van der Waals surface area contributed by atoms with Crippen LogP contribution in [0.5, 0.6) is 11.5 Å². The molecule has 2 aliphatic rings. The molecular formula is C22H30N4O4. The standard InChI is InChI=1S/C22H30N4O4/c1-3-23-21(24-15-22(2,27)20-5-4-12-28-20)26-10-8-25(9-11-26)14-17-6-7-18-19(13-17)30-16-29-18/h4-7,12-13,27H,3,8-11,14-16H2,1-2H3,(H,23,24). The third-order valence-corrected chi connectivity index (χ3v) is 5.44. The van der Waals surface area contributed by atoms with Crippen LogP contribution in [0.15, 0.2) is 46.0 Å². The topological polar surface area (TPSA) is 82.7 Å². The summed E-state index contributed by atoms with van der Waals surface area (Å²) in [6.07, 6.45) is 1.57. The molecular weight excluding hydrogens is 384 g/mol. The Bertz CT molecular complexity index is 858. The van der Waals surface area contributed by atoms with E-state index in [0.717, 1.165) is 56.7 Å². The Kier molecular flexibility index (Phi) is 6.15. The zero-order chi connectivity index (χ0) is 21.0. The van der Waals surface area contributed by atoms with Crippen LogP contribution in [0.2, 0.25) is 0 Å². The van der Waals surface area contributed by atoms with Gasteiger partial charge in [0.25, 0.3) is 0 Å². The van der Waals surface area contributed by atoms with Gasteiger partial charge in [0.05, 0.1) is 12.8 Å². The second-order valence-corrected chi connectivity index (χ2v) is 7.87. The van der Waals surface area contributed by atoms with Crippen molar-refractivity contribution in [3.63, 3.8) is 0 Å². The first-order chi connectivity index (χ1) is 14.5. The number of nitrogens with one attached hydrogen (secondary N) is 1. The zero-order valence-corrected chi connectivity index (χ0v) is 17.6. The quantitative estimate of drug-likeness (QED) is 0.553. The Hall–Kier alpha value is -2.71. The minimum Gasteiger partial charge on any atom is -0.466 e. The number of furan rings is 1. The number of ether oxygens (including phenoxy) is 2. The molecule has 2 N–H and O–H groups in total. The normalized spacial score (nSPS) is 19.0. The van der Waals surface area contributed by atoms with E-state index in [1.54, 1.807) is 25.3 Å². The Morgan fingerprint density at radius 1 is 1.17 bits per heavy atom. The summed E-state index contributed by atoms with van der Waals surface area (Å²) in [6, 6.07) is 9.70. The summed E-state index contributed by atoms with van der Waals surface area (Å²) >= 11 is 0. The number of aliphatic hydroxyl groups is 1. The molecule has 8 nitrogen and oxygen atoms in total. The largest absolute Gasteiger partial charge is 0.466 e. The van der Waals surface area contributed by atoms with Crippen LogP contribution in [0.25, 0.3) is 0 Å². The van der Waals surface area contributed by atoms with Crippen molar-refractivity contribution in [1.29, 1.82) is 0 Å². The van der Waals surface area contributed by atoms with E-state index in [2.05, 4.69) is 39.2 Å². The summed E-state index contributed by atoms with van der Waals surface area (Å²) in [5, 5.41) is 14.0. The fourth-order valence-corrected chi connectivity index (χ4v) is 3.73. The Morgan fingerprint density at radius 2 is 1.97 bits per heavy atom. The van der Waals surface area contributed by atoms with Gasteiger partial charge < -0.3 is 29.2 Å². The van der Waals surface area contributed by atoms with Gasteiger partial charge in [-0.3, -0.25) is 4.90 Å². The maximum absolute atomic E-state index is 10.7. The van der Waals surface area contributed by atoms with Crippen molar-refractivity contribution in [1.82, 2.24) is 15.1 Å². The molecule has 8 heteroatoms. The average Bonchev–Trinajstić information content (AvgIpc) is 3.44. The van der Waals surface area contributed by atoms with E-state index >= 15 is 0 Å². The van der Waals surface area contributed by atoms with Crippen LogP contribution >= 0.6 is 0 Å². The molecule has 30 heavy (non-hydrogen) atoms. The number of nitrogens with zero attached hydrogens (tertiary/aromatic N) is 3. The monoisotopic (exact) mass is 414 g/mol. The Balaban J connectivity index is 1.34. The van der Waals surface area contributed by atoms with Crippen LogP contribution in [0.4, 0.5) is 0 Å². The first-order valence-electron chi connectivity index (χ1n) is 10.5. The van der Waals surface area contributed by atoms with E-state index in [1.165, 1.54) is 5.56 Å². The summed E-state index contributed by atoms with van der Waals surface area (Å²) in [6.45, 7) is 9.60. The van der Waals surface area contributed by atoms with Gasteiger partial charge in [-0.2, -0.15) is 0 Å². The molecule has 2 aromatic rings. The molecule has 162 valence electrons. The van der Waals surface area contributed by atoms with Crippen LogP contribution in [0, 0.1) is 0 Å². The fraction of sp³-hybridized carbons (Fsp3) is 0.500. The Morgan fingerprint density at radius 3 is 2.70 bits per heavy atom. The first-order valence-corrected chi connectivity index (χ1v) is 10.5. The smallest absolute Gasteiger partial charge is 0.231 e. The molecule has 0 bridgehead atoms. The van der Waals surface area contributed by atoms with Crippen LogP contribution < -0.4 is 14.8 Å². The fourth-order valence-electron chi connectivity index (χ4n) is 3.73. The third-order valence-electron chi connectivity index (χ3n) is 5.44. The molecule has 2 aliphatic heterocycles. The number of fused-ring (bicyclic) bond motifs is 1. The van der Waals surface area contributed by atoms with Gasteiger partial charge in [0.1, 0.15) is 11.4 Å². The molecule has 1 fully saturated rings. The van der Waals surface area contributed by atoms with E-state index in [0.29, 0.717) is 12.6 Å². The molecule has 1 atom stereocenters. The van der Waals surface area contributed by atoms with Gasteiger partial charge in [0, 0.05) is 39.3 Å². The van der Waals surface area contributed by atoms with Crippen molar-refractivity contribution < 1.29 is 19.0 Å². The highest BCUT2D eigenvalue weighted by Crippen LogP contribution is 2.32. The van der Waals surface area contributed by atoms with Crippen molar-refractivity contribution in [3.05, 3.63) is 47.9 Å². The minimum atomic E-state index is -1.13. The van der Waals surface area contributed by atoms with Crippen LogP contribution in [-0.2, 0) is 12.1 Å². The molecule has 1 saturated heterocycles. The van der Waals surface area contributed by atoms with Crippen LogP contribution in [0.1, 0.15) is 25.2 Å². The molecule has 1 unspecified atom stereocenters. The number of benzene rings is 1. The molecule has 3 heterocycles. The molecule has 0 saturated carbocycles. The van der Waals surface area contributed by atoms with Crippen LogP contribution in [0.3, 0.4) is 0 Å². The maximum Gasteiger partial charge on any atom is 0.231 e. The molecule has 1 aromatic carbocycles. The Labute approximate surface area is 177 Å². The van der Waals surface area contributed by atoms with Gasteiger partial charge in [-0.25, -0.2) is 4.99 Å². The van der Waals surface area contributed by atoms with Crippen molar-refractivity contribution >= 4 is 5.96 Å². The summed E-state index contributed by atoms with van der Waals surface area (Å²) in [7, 11) is 0. The van der Waals surface area contributed by atoms with Gasteiger partial charge in [0.15, 0.2) is 17.5 Å². The zero-order valence-electron chi connectivity index (χ0n) is 17.6. The molecule has 0 spiro atoms. The van der Waals surface area contributed by atoms with Gasteiger partial charge in [-0.15, -0.1) is 0 Å². The number of rotatable bonds is 6. The second-order valence-electron chi connectivity index (χ2n) is 7.87. The van der Waals surface area contributed by atoms with Crippen molar-refractivity contribution in [2.45, 2.75) is 26.0 Å². The summed E-state index contributed by atoms with van der Waals surface area (Å²) in [5.74, 6) is 3.00. The lowest BCUT2D eigenvalue weighted by Gasteiger charge is -2.36.